The molecule has 0 bridgehead atoms. The average molecular weight is 285 g/mol. The van der Waals surface area contributed by atoms with Gasteiger partial charge in [0.2, 0.25) is 0 Å². The molecule has 1 aliphatic rings. The highest BCUT2D eigenvalue weighted by Crippen LogP contribution is 2.31. The number of rotatable bonds is 4. The minimum absolute atomic E-state index is 0.178. The molecular formula is C15H18F3NO. The van der Waals surface area contributed by atoms with Gasteiger partial charge in [-0.05, 0) is 43.2 Å². The Bertz CT molecular complexity index is 465. The number of likely N-dealkylation sites (N-methyl/N-ethyl adjacent to an activating group) is 1. The summed E-state index contributed by atoms with van der Waals surface area (Å²) in [6.45, 7) is 3.33. The van der Waals surface area contributed by atoms with Crippen molar-refractivity contribution < 1.29 is 17.9 Å². The first-order valence-electron chi connectivity index (χ1n) is 6.75. The van der Waals surface area contributed by atoms with Crippen molar-refractivity contribution in [3.63, 3.8) is 0 Å². The quantitative estimate of drug-likeness (QED) is 0.901. The van der Waals surface area contributed by atoms with Gasteiger partial charge in [-0.3, -0.25) is 0 Å². The van der Waals surface area contributed by atoms with E-state index < -0.39 is 11.7 Å². The van der Waals surface area contributed by atoms with E-state index in [1.165, 1.54) is 12.1 Å². The van der Waals surface area contributed by atoms with Crippen LogP contribution in [-0.2, 0) is 10.9 Å². The smallest absolute Gasteiger partial charge is 0.416 e. The molecule has 0 spiro atoms. The third kappa shape index (κ3) is 3.54. The summed E-state index contributed by atoms with van der Waals surface area (Å²) in [6.07, 6.45) is -0.367. The Hall–Kier alpha value is -1.49. The molecule has 0 fully saturated rings. The average Bonchev–Trinajstić information content (AvgIpc) is 2.45. The SMILES string of the molecule is CCNC(C1=CCCCO1)c1ccc(C(F)(F)F)cc1. The molecule has 1 unspecified atom stereocenters. The molecule has 20 heavy (non-hydrogen) atoms. The van der Waals surface area contributed by atoms with E-state index in [1.54, 1.807) is 0 Å². The van der Waals surface area contributed by atoms with E-state index in [0.717, 1.165) is 36.3 Å². The van der Waals surface area contributed by atoms with Crippen LogP contribution in [0.15, 0.2) is 36.1 Å². The number of nitrogens with one attached hydrogen (secondary N) is 1. The van der Waals surface area contributed by atoms with Crippen molar-refractivity contribution in [1.29, 1.82) is 0 Å². The molecule has 110 valence electrons. The Morgan fingerprint density at radius 2 is 1.95 bits per heavy atom. The van der Waals surface area contributed by atoms with E-state index in [2.05, 4.69) is 5.32 Å². The Morgan fingerprint density at radius 1 is 1.25 bits per heavy atom. The van der Waals surface area contributed by atoms with Crippen LogP contribution in [0.4, 0.5) is 13.2 Å². The van der Waals surface area contributed by atoms with Crippen LogP contribution >= 0.6 is 0 Å². The second kappa shape index (κ2) is 6.31. The Morgan fingerprint density at radius 3 is 2.45 bits per heavy atom. The predicted octanol–water partition coefficient (Wildman–Crippen LogP) is 4.05. The first kappa shape index (κ1) is 14.9. The minimum atomic E-state index is -4.30. The van der Waals surface area contributed by atoms with Crippen molar-refractivity contribution >= 4 is 0 Å². The molecule has 1 atom stereocenters. The summed E-state index contributed by atoms with van der Waals surface area (Å²) in [6, 6.07) is 5.07. The zero-order valence-electron chi connectivity index (χ0n) is 11.3. The molecule has 2 nitrogen and oxygen atoms in total. The Labute approximate surface area is 116 Å². The maximum absolute atomic E-state index is 12.6. The summed E-state index contributed by atoms with van der Waals surface area (Å²) >= 11 is 0. The second-order valence-electron chi connectivity index (χ2n) is 4.71. The van der Waals surface area contributed by atoms with Crippen LogP contribution in [0.2, 0.25) is 0 Å². The molecule has 1 aliphatic heterocycles. The topological polar surface area (TPSA) is 21.3 Å². The molecule has 5 heteroatoms. The van der Waals surface area contributed by atoms with Gasteiger partial charge in [-0.15, -0.1) is 0 Å². The molecule has 1 N–H and O–H groups in total. The third-order valence-electron chi connectivity index (χ3n) is 3.23. The molecule has 1 aromatic rings. The minimum Gasteiger partial charge on any atom is -0.496 e. The third-order valence-corrected chi connectivity index (χ3v) is 3.23. The molecule has 0 aromatic heterocycles. The van der Waals surface area contributed by atoms with Crippen molar-refractivity contribution in [3.05, 3.63) is 47.2 Å². The summed E-state index contributed by atoms with van der Waals surface area (Å²) in [5.41, 5.74) is 0.156. The molecule has 1 aromatic carbocycles. The number of alkyl halides is 3. The zero-order valence-corrected chi connectivity index (χ0v) is 11.3. The molecule has 2 rings (SSSR count). The Balaban J connectivity index is 2.23. The van der Waals surface area contributed by atoms with E-state index >= 15 is 0 Å². The van der Waals surface area contributed by atoms with Crippen molar-refractivity contribution in [2.24, 2.45) is 0 Å². The van der Waals surface area contributed by atoms with Crippen molar-refractivity contribution in [2.45, 2.75) is 32.0 Å². The lowest BCUT2D eigenvalue weighted by Crippen LogP contribution is -2.25. The van der Waals surface area contributed by atoms with E-state index in [9.17, 15) is 13.2 Å². The summed E-state index contributed by atoms with van der Waals surface area (Å²) < 4.78 is 43.3. The number of ether oxygens (including phenoxy) is 1. The lowest BCUT2D eigenvalue weighted by Gasteiger charge is -2.25. The van der Waals surface area contributed by atoms with Crippen molar-refractivity contribution in [3.8, 4) is 0 Å². The van der Waals surface area contributed by atoms with E-state index in [4.69, 9.17) is 4.74 Å². The standard InChI is InChI=1S/C15H18F3NO/c1-2-19-14(13-5-3-4-10-20-13)11-6-8-12(9-7-11)15(16,17)18/h5-9,14,19H,2-4,10H2,1H3. The molecule has 0 saturated carbocycles. The van der Waals surface area contributed by atoms with E-state index in [0.29, 0.717) is 13.2 Å². The first-order chi connectivity index (χ1) is 9.52. The highest BCUT2D eigenvalue weighted by atomic mass is 19.4. The van der Waals surface area contributed by atoms with Crippen molar-refractivity contribution in [2.75, 3.05) is 13.2 Å². The normalized spacial score (nSPS) is 17.3. The van der Waals surface area contributed by atoms with Gasteiger partial charge in [-0.25, -0.2) is 0 Å². The highest BCUT2D eigenvalue weighted by Gasteiger charge is 2.30. The largest absolute Gasteiger partial charge is 0.496 e. The monoisotopic (exact) mass is 285 g/mol. The summed E-state index contributed by atoms with van der Waals surface area (Å²) in [4.78, 5) is 0. The molecular weight excluding hydrogens is 267 g/mol. The molecule has 0 radical (unpaired) electrons. The van der Waals surface area contributed by atoms with Gasteiger partial charge in [-0.1, -0.05) is 19.1 Å². The number of allylic oxidation sites excluding steroid dienone is 1. The maximum atomic E-state index is 12.6. The van der Waals surface area contributed by atoms with Gasteiger partial charge in [0.1, 0.15) is 5.76 Å². The lowest BCUT2D eigenvalue weighted by atomic mass is 10.0. The van der Waals surface area contributed by atoms with Crippen LogP contribution in [0.3, 0.4) is 0 Å². The fraction of sp³-hybridized carbons (Fsp3) is 0.467. The fourth-order valence-corrected chi connectivity index (χ4v) is 2.23. The number of hydrogen-bond donors (Lipinski definition) is 1. The van der Waals surface area contributed by atoms with Crippen LogP contribution in [0.5, 0.6) is 0 Å². The molecule has 0 saturated heterocycles. The number of hydrogen-bond acceptors (Lipinski definition) is 2. The van der Waals surface area contributed by atoms with Gasteiger partial charge in [0, 0.05) is 0 Å². The van der Waals surface area contributed by atoms with Gasteiger partial charge in [0.15, 0.2) is 0 Å². The summed E-state index contributed by atoms with van der Waals surface area (Å²) in [5.74, 6) is 0.804. The summed E-state index contributed by atoms with van der Waals surface area (Å²) in [5, 5.41) is 3.25. The van der Waals surface area contributed by atoms with Gasteiger partial charge < -0.3 is 10.1 Å². The lowest BCUT2D eigenvalue weighted by molar-refractivity contribution is -0.137. The van der Waals surface area contributed by atoms with E-state index in [1.807, 2.05) is 13.0 Å². The Kier molecular flexibility index (Phi) is 4.70. The van der Waals surface area contributed by atoms with Crippen LogP contribution in [-0.4, -0.2) is 13.2 Å². The van der Waals surface area contributed by atoms with Gasteiger partial charge >= 0.3 is 6.18 Å². The molecule has 0 amide bonds. The van der Waals surface area contributed by atoms with Gasteiger partial charge in [0.05, 0.1) is 18.2 Å². The number of benzene rings is 1. The molecule has 0 aliphatic carbocycles. The van der Waals surface area contributed by atoms with Crippen LogP contribution < -0.4 is 5.32 Å². The highest BCUT2D eigenvalue weighted by molar-refractivity contribution is 5.31. The van der Waals surface area contributed by atoms with Crippen LogP contribution in [0.25, 0.3) is 0 Å². The maximum Gasteiger partial charge on any atom is 0.416 e. The first-order valence-corrected chi connectivity index (χ1v) is 6.75. The molecule has 1 heterocycles. The van der Waals surface area contributed by atoms with Crippen LogP contribution in [0, 0.1) is 0 Å². The number of halogens is 3. The van der Waals surface area contributed by atoms with Gasteiger partial charge in [0.25, 0.3) is 0 Å². The van der Waals surface area contributed by atoms with Crippen LogP contribution in [0.1, 0.15) is 36.9 Å². The summed E-state index contributed by atoms with van der Waals surface area (Å²) in [7, 11) is 0. The van der Waals surface area contributed by atoms with Crippen molar-refractivity contribution in [1.82, 2.24) is 5.32 Å². The van der Waals surface area contributed by atoms with Gasteiger partial charge in [-0.2, -0.15) is 13.2 Å². The van der Waals surface area contributed by atoms with E-state index in [-0.39, 0.29) is 6.04 Å². The zero-order chi connectivity index (χ0) is 14.6. The second-order valence-corrected chi connectivity index (χ2v) is 4.71. The predicted molar refractivity (Wildman–Crippen MR) is 71.1 cm³/mol. The fourth-order valence-electron chi connectivity index (χ4n) is 2.23.